The zero-order chi connectivity index (χ0) is 12.1. The van der Waals surface area contributed by atoms with Crippen molar-refractivity contribution in [1.82, 2.24) is 10.3 Å². The Morgan fingerprint density at radius 3 is 2.65 bits per heavy atom. The minimum absolute atomic E-state index is 0.299. The largest absolute Gasteiger partial charge is 0.306 e. The molecule has 0 unspecified atom stereocenters. The van der Waals surface area contributed by atoms with E-state index in [1.165, 1.54) is 11.1 Å². The van der Waals surface area contributed by atoms with E-state index in [1.54, 1.807) is 6.20 Å². The lowest BCUT2D eigenvalue weighted by Crippen LogP contribution is -2.18. The molecule has 0 fully saturated rings. The van der Waals surface area contributed by atoms with E-state index in [0.29, 0.717) is 6.04 Å². The highest BCUT2D eigenvalue weighted by Crippen LogP contribution is 2.16. The molecule has 2 nitrogen and oxygen atoms in total. The Morgan fingerprint density at radius 1 is 1.24 bits per heavy atom. The summed E-state index contributed by atoms with van der Waals surface area (Å²) in [6, 6.07) is 12.2. The first-order chi connectivity index (χ1) is 8.25. The van der Waals surface area contributed by atoms with Crippen LogP contribution in [0.4, 0.5) is 0 Å². The Morgan fingerprint density at radius 2 is 2.00 bits per heavy atom. The molecule has 2 aromatic rings. The molecule has 1 atom stereocenters. The second-order valence-electron chi connectivity index (χ2n) is 4.02. The van der Waals surface area contributed by atoms with Crippen LogP contribution in [0.25, 0.3) is 0 Å². The van der Waals surface area contributed by atoms with Gasteiger partial charge in [-0.1, -0.05) is 29.8 Å². The van der Waals surface area contributed by atoms with E-state index in [2.05, 4.69) is 23.3 Å². The van der Waals surface area contributed by atoms with E-state index in [4.69, 9.17) is 11.6 Å². The summed E-state index contributed by atoms with van der Waals surface area (Å²) in [5, 5.41) is 4.22. The van der Waals surface area contributed by atoms with Crippen LogP contribution in [-0.4, -0.2) is 4.98 Å². The van der Waals surface area contributed by atoms with Gasteiger partial charge in [0.1, 0.15) is 0 Å². The van der Waals surface area contributed by atoms with E-state index in [-0.39, 0.29) is 0 Å². The van der Waals surface area contributed by atoms with Gasteiger partial charge in [0.05, 0.1) is 0 Å². The molecule has 1 aromatic carbocycles. The molecule has 1 heterocycles. The fourth-order valence-corrected chi connectivity index (χ4v) is 1.77. The van der Waals surface area contributed by atoms with E-state index in [0.717, 1.165) is 11.6 Å². The van der Waals surface area contributed by atoms with Gasteiger partial charge < -0.3 is 5.32 Å². The van der Waals surface area contributed by atoms with Gasteiger partial charge in [0.15, 0.2) is 0 Å². The Kier molecular flexibility index (Phi) is 4.13. The summed E-state index contributed by atoms with van der Waals surface area (Å²) in [5.41, 5.74) is 2.42. The standard InChI is InChI=1S/C14H15ClN2/c1-11(13-4-6-14(15)7-5-13)17-10-12-3-2-8-16-9-12/h2-9,11,17H,10H2,1H3/t11-/m0/s1. The molecule has 3 heteroatoms. The molecule has 0 amide bonds. The number of halogens is 1. The SMILES string of the molecule is C[C@H](NCc1cccnc1)c1ccc(Cl)cc1. The van der Waals surface area contributed by atoms with Crippen LogP contribution in [0.3, 0.4) is 0 Å². The summed E-state index contributed by atoms with van der Waals surface area (Å²) in [6.45, 7) is 2.96. The fraction of sp³-hybridized carbons (Fsp3) is 0.214. The topological polar surface area (TPSA) is 24.9 Å². The number of aromatic nitrogens is 1. The van der Waals surface area contributed by atoms with Crippen molar-refractivity contribution in [2.75, 3.05) is 0 Å². The van der Waals surface area contributed by atoms with E-state index < -0.39 is 0 Å². The van der Waals surface area contributed by atoms with Crippen LogP contribution in [0.5, 0.6) is 0 Å². The average molecular weight is 247 g/mol. The zero-order valence-corrected chi connectivity index (χ0v) is 10.5. The lowest BCUT2D eigenvalue weighted by molar-refractivity contribution is 0.574. The van der Waals surface area contributed by atoms with Gasteiger partial charge in [-0.25, -0.2) is 0 Å². The normalized spacial score (nSPS) is 12.4. The van der Waals surface area contributed by atoms with Crippen LogP contribution >= 0.6 is 11.6 Å². The highest BCUT2D eigenvalue weighted by atomic mass is 35.5. The molecule has 1 aromatic heterocycles. The van der Waals surface area contributed by atoms with Gasteiger partial charge in [-0.2, -0.15) is 0 Å². The molecular formula is C14H15ClN2. The molecule has 0 bridgehead atoms. The Bertz CT molecular complexity index is 453. The minimum Gasteiger partial charge on any atom is -0.306 e. The third-order valence-corrected chi connectivity index (χ3v) is 2.96. The van der Waals surface area contributed by atoms with Crippen molar-refractivity contribution in [2.45, 2.75) is 19.5 Å². The number of nitrogens with zero attached hydrogens (tertiary/aromatic N) is 1. The van der Waals surface area contributed by atoms with E-state index in [1.807, 2.05) is 36.5 Å². The van der Waals surface area contributed by atoms with Crippen LogP contribution in [0.1, 0.15) is 24.1 Å². The Labute approximate surface area is 107 Å². The first kappa shape index (κ1) is 12.1. The van der Waals surface area contributed by atoms with Crippen molar-refractivity contribution in [1.29, 1.82) is 0 Å². The third kappa shape index (κ3) is 3.55. The fourth-order valence-electron chi connectivity index (χ4n) is 1.64. The van der Waals surface area contributed by atoms with Crippen LogP contribution in [-0.2, 0) is 6.54 Å². The smallest absolute Gasteiger partial charge is 0.0406 e. The zero-order valence-electron chi connectivity index (χ0n) is 9.73. The van der Waals surface area contributed by atoms with Crippen molar-refractivity contribution >= 4 is 11.6 Å². The van der Waals surface area contributed by atoms with Crippen LogP contribution in [0, 0.1) is 0 Å². The maximum atomic E-state index is 5.86. The first-order valence-electron chi connectivity index (χ1n) is 5.63. The number of pyridine rings is 1. The number of hydrogen-bond acceptors (Lipinski definition) is 2. The number of rotatable bonds is 4. The van der Waals surface area contributed by atoms with Crippen LogP contribution in [0.15, 0.2) is 48.8 Å². The first-order valence-corrected chi connectivity index (χ1v) is 6.01. The quantitative estimate of drug-likeness (QED) is 0.892. The van der Waals surface area contributed by atoms with Crippen molar-refractivity contribution < 1.29 is 0 Å². The monoisotopic (exact) mass is 246 g/mol. The molecule has 0 radical (unpaired) electrons. The molecule has 1 N–H and O–H groups in total. The predicted octanol–water partition coefficient (Wildman–Crippen LogP) is 3.59. The number of hydrogen-bond donors (Lipinski definition) is 1. The summed E-state index contributed by atoms with van der Waals surface area (Å²) < 4.78 is 0. The molecule has 2 rings (SSSR count). The Balaban J connectivity index is 1.93. The van der Waals surface area contributed by atoms with Gasteiger partial charge in [0.2, 0.25) is 0 Å². The molecular weight excluding hydrogens is 232 g/mol. The Hall–Kier alpha value is -1.38. The summed E-state index contributed by atoms with van der Waals surface area (Å²) in [4.78, 5) is 4.09. The van der Waals surface area contributed by atoms with Gasteiger partial charge >= 0.3 is 0 Å². The molecule has 88 valence electrons. The molecule has 17 heavy (non-hydrogen) atoms. The van der Waals surface area contributed by atoms with Gasteiger partial charge in [-0.05, 0) is 36.2 Å². The molecule has 0 spiro atoms. The number of nitrogens with one attached hydrogen (secondary N) is 1. The van der Waals surface area contributed by atoms with Gasteiger partial charge in [-0.3, -0.25) is 4.98 Å². The second-order valence-corrected chi connectivity index (χ2v) is 4.45. The van der Waals surface area contributed by atoms with E-state index >= 15 is 0 Å². The molecule has 0 saturated heterocycles. The van der Waals surface area contributed by atoms with Gasteiger partial charge in [-0.15, -0.1) is 0 Å². The van der Waals surface area contributed by atoms with Crippen molar-refractivity contribution in [3.63, 3.8) is 0 Å². The van der Waals surface area contributed by atoms with Gasteiger partial charge in [0, 0.05) is 30.0 Å². The van der Waals surface area contributed by atoms with Crippen molar-refractivity contribution in [3.05, 3.63) is 64.9 Å². The number of benzene rings is 1. The average Bonchev–Trinajstić information content (AvgIpc) is 2.38. The summed E-state index contributed by atoms with van der Waals surface area (Å²) >= 11 is 5.86. The van der Waals surface area contributed by atoms with Crippen LogP contribution in [0.2, 0.25) is 5.02 Å². The predicted molar refractivity (Wildman–Crippen MR) is 70.9 cm³/mol. The lowest BCUT2D eigenvalue weighted by atomic mass is 10.1. The van der Waals surface area contributed by atoms with Crippen molar-refractivity contribution in [2.24, 2.45) is 0 Å². The highest BCUT2D eigenvalue weighted by molar-refractivity contribution is 6.30. The summed E-state index contributed by atoms with van der Waals surface area (Å²) in [7, 11) is 0. The van der Waals surface area contributed by atoms with Crippen LogP contribution < -0.4 is 5.32 Å². The van der Waals surface area contributed by atoms with Gasteiger partial charge in [0.25, 0.3) is 0 Å². The maximum Gasteiger partial charge on any atom is 0.0406 e. The van der Waals surface area contributed by atoms with Crippen molar-refractivity contribution in [3.8, 4) is 0 Å². The molecule has 0 aliphatic rings. The summed E-state index contributed by atoms with van der Waals surface area (Å²) in [5.74, 6) is 0. The maximum absolute atomic E-state index is 5.86. The summed E-state index contributed by atoms with van der Waals surface area (Å²) in [6.07, 6.45) is 3.66. The molecule has 0 saturated carbocycles. The lowest BCUT2D eigenvalue weighted by Gasteiger charge is -2.14. The van der Waals surface area contributed by atoms with E-state index in [9.17, 15) is 0 Å². The second kappa shape index (κ2) is 5.80. The molecule has 0 aliphatic carbocycles. The minimum atomic E-state index is 0.299. The highest BCUT2D eigenvalue weighted by Gasteiger charge is 2.04. The third-order valence-electron chi connectivity index (χ3n) is 2.71. The molecule has 0 aliphatic heterocycles.